The van der Waals surface area contributed by atoms with Crippen LogP contribution < -0.4 is 0 Å². The quantitative estimate of drug-likeness (QED) is 0.817. The molecule has 1 saturated carbocycles. The fourth-order valence-corrected chi connectivity index (χ4v) is 4.58. The molecule has 0 amide bonds. The highest BCUT2D eigenvalue weighted by atomic mass is 19.1. The molecule has 1 aromatic carbocycles. The summed E-state index contributed by atoms with van der Waals surface area (Å²) in [6.45, 7) is 6.05. The van der Waals surface area contributed by atoms with E-state index in [0.29, 0.717) is 12.1 Å². The summed E-state index contributed by atoms with van der Waals surface area (Å²) >= 11 is 0. The average Bonchev–Trinajstić information content (AvgIpc) is 2.88. The highest BCUT2D eigenvalue weighted by molar-refractivity contribution is 5.84. The van der Waals surface area contributed by atoms with Crippen LogP contribution in [0, 0.1) is 12.7 Å². The number of rotatable bonds is 2. The highest BCUT2D eigenvalue weighted by Gasteiger charge is 2.29. The molecule has 2 atom stereocenters. The molecular weight excluding hydrogens is 303 g/mol. The lowest BCUT2D eigenvalue weighted by Crippen LogP contribution is -2.40. The molecule has 1 aliphatic carbocycles. The van der Waals surface area contributed by atoms with Gasteiger partial charge in [-0.05, 0) is 56.7 Å². The maximum absolute atomic E-state index is 14.1. The van der Waals surface area contributed by atoms with Crippen LogP contribution in [0.15, 0.2) is 24.4 Å². The molecule has 130 valence electrons. The number of aryl methyl sites for hydroxylation is 1. The van der Waals surface area contributed by atoms with Crippen molar-refractivity contribution in [3.05, 3.63) is 35.8 Å². The number of aromatic nitrogens is 1. The minimum absolute atomic E-state index is 0.105. The Bertz CT molecular complexity index is 703. The van der Waals surface area contributed by atoms with Crippen LogP contribution in [0.2, 0.25) is 0 Å². The molecule has 2 aliphatic rings. The standard InChI is InChI=1S/C20H27FN2O/c1-15-6-7-19(21)18-8-10-23(20(15)18)17-5-2-4-16(14-17)22-9-3-12-24-13-11-22/h6-8,10,16-17H,2-5,9,11-14H2,1H3/t16-,17-/m0/s1. The van der Waals surface area contributed by atoms with Crippen molar-refractivity contribution in [2.24, 2.45) is 0 Å². The third-order valence-electron chi connectivity index (χ3n) is 5.81. The lowest BCUT2D eigenvalue weighted by Gasteiger charge is -2.37. The van der Waals surface area contributed by atoms with E-state index in [1.54, 1.807) is 6.07 Å². The number of fused-ring (bicyclic) bond motifs is 1. The lowest BCUT2D eigenvalue weighted by atomic mass is 9.89. The average molecular weight is 330 g/mol. The Labute approximate surface area is 143 Å². The Hall–Kier alpha value is -1.39. The highest BCUT2D eigenvalue weighted by Crippen LogP contribution is 2.35. The van der Waals surface area contributed by atoms with E-state index >= 15 is 0 Å². The van der Waals surface area contributed by atoms with Gasteiger partial charge in [0.1, 0.15) is 5.82 Å². The molecule has 0 unspecified atom stereocenters. The number of hydrogen-bond donors (Lipinski definition) is 0. The van der Waals surface area contributed by atoms with Crippen molar-refractivity contribution in [3.8, 4) is 0 Å². The van der Waals surface area contributed by atoms with Gasteiger partial charge in [0.15, 0.2) is 0 Å². The summed E-state index contributed by atoms with van der Waals surface area (Å²) < 4.78 is 22.1. The van der Waals surface area contributed by atoms with Crippen LogP contribution in [0.3, 0.4) is 0 Å². The molecule has 0 N–H and O–H groups in total. The second-order valence-electron chi connectivity index (χ2n) is 7.33. The molecule has 0 spiro atoms. The van der Waals surface area contributed by atoms with E-state index in [0.717, 1.165) is 43.6 Å². The molecule has 2 fully saturated rings. The van der Waals surface area contributed by atoms with Crippen LogP contribution in [0.4, 0.5) is 4.39 Å². The fourth-order valence-electron chi connectivity index (χ4n) is 4.58. The Balaban J connectivity index is 1.59. The molecule has 4 rings (SSSR count). The van der Waals surface area contributed by atoms with Crippen molar-refractivity contribution in [1.82, 2.24) is 9.47 Å². The largest absolute Gasteiger partial charge is 0.380 e. The Kier molecular flexibility index (Phi) is 4.59. The molecule has 24 heavy (non-hydrogen) atoms. The van der Waals surface area contributed by atoms with Crippen molar-refractivity contribution in [2.45, 2.75) is 51.1 Å². The van der Waals surface area contributed by atoms with Crippen LogP contribution in [0.25, 0.3) is 10.9 Å². The van der Waals surface area contributed by atoms with E-state index in [2.05, 4.69) is 22.6 Å². The van der Waals surface area contributed by atoms with E-state index in [9.17, 15) is 4.39 Å². The minimum atomic E-state index is -0.105. The summed E-state index contributed by atoms with van der Waals surface area (Å²) in [4.78, 5) is 2.62. The first-order valence-electron chi connectivity index (χ1n) is 9.31. The van der Waals surface area contributed by atoms with E-state index < -0.39 is 0 Å². The van der Waals surface area contributed by atoms with Gasteiger partial charge < -0.3 is 9.30 Å². The van der Waals surface area contributed by atoms with E-state index in [1.807, 2.05) is 12.1 Å². The van der Waals surface area contributed by atoms with Crippen LogP contribution >= 0.6 is 0 Å². The summed E-state index contributed by atoms with van der Waals surface area (Å²) in [5.41, 5.74) is 2.25. The predicted molar refractivity (Wildman–Crippen MR) is 94.9 cm³/mol. The monoisotopic (exact) mass is 330 g/mol. The molecule has 4 heteroatoms. The maximum Gasteiger partial charge on any atom is 0.132 e. The van der Waals surface area contributed by atoms with Gasteiger partial charge in [-0.25, -0.2) is 4.39 Å². The Morgan fingerprint density at radius 3 is 2.83 bits per heavy atom. The van der Waals surface area contributed by atoms with E-state index in [4.69, 9.17) is 4.74 Å². The van der Waals surface area contributed by atoms with Crippen molar-refractivity contribution in [3.63, 3.8) is 0 Å². The minimum Gasteiger partial charge on any atom is -0.380 e. The zero-order valence-corrected chi connectivity index (χ0v) is 14.5. The van der Waals surface area contributed by atoms with Crippen molar-refractivity contribution < 1.29 is 9.13 Å². The SMILES string of the molecule is Cc1ccc(F)c2ccn([C@H]3CCC[C@H](N4CCCOCC4)C3)c12. The third kappa shape index (κ3) is 2.98. The van der Waals surface area contributed by atoms with Crippen LogP contribution in [0.5, 0.6) is 0 Å². The molecule has 0 bridgehead atoms. The molecule has 1 aromatic heterocycles. The Morgan fingerprint density at radius 2 is 1.92 bits per heavy atom. The Morgan fingerprint density at radius 1 is 1.04 bits per heavy atom. The van der Waals surface area contributed by atoms with Gasteiger partial charge in [-0.1, -0.05) is 6.07 Å². The topological polar surface area (TPSA) is 17.4 Å². The lowest BCUT2D eigenvalue weighted by molar-refractivity contribution is 0.111. The number of nitrogens with zero attached hydrogens (tertiary/aromatic N) is 2. The van der Waals surface area contributed by atoms with Gasteiger partial charge in [-0.3, -0.25) is 4.90 Å². The maximum atomic E-state index is 14.1. The second-order valence-corrected chi connectivity index (χ2v) is 7.33. The first-order chi connectivity index (χ1) is 11.7. The molecule has 1 aliphatic heterocycles. The van der Waals surface area contributed by atoms with Gasteiger partial charge in [-0.2, -0.15) is 0 Å². The van der Waals surface area contributed by atoms with E-state index in [1.165, 1.54) is 31.2 Å². The van der Waals surface area contributed by atoms with Crippen LogP contribution in [-0.4, -0.2) is 41.8 Å². The molecular formula is C20H27FN2O. The van der Waals surface area contributed by atoms with Crippen molar-refractivity contribution >= 4 is 10.9 Å². The first kappa shape index (κ1) is 16.1. The number of halogens is 1. The number of hydrogen-bond acceptors (Lipinski definition) is 2. The predicted octanol–water partition coefficient (Wildman–Crippen LogP) is 4.29. The summed E-state index contributed by atoms with van der Waals surface area (Å²) in [6.07, 6.45) is 8.13. The van der Waals surface area contributed by atoms with Gasteiger partial charge in [0.05, 0.1) is 12.1 Å². The van der Waals surface area contributed by atoms with Crippen molar-refractivity contribution in [2.75, 3.05) is 26.3 Å². The normalized spacial score (nSPS) is 26.6. The molecule has 1 saturated heterocycles. The summed E-state index contributed by atoms with van der Waals surface area (Å²) in [5.74, 6) is -0.105. The third-order valence-corrected chi connectivity index (χ3v) is 5.81. The van der Waals surface area contributed by atoms with E-state index in [-0.39, 0.29) is 5.82 Å². The summed E-state index contributed by atoms with van der Waals surface area (Å²) in [5, 5.41) is 0.764. The summed E-state index contributed by atoms with van der Waals surface area (Å²) in [7, 11) is 0. The smallest absolute Gasteiger partial charge is 0.132 e. The molecule has 2 aromatic rings. The number of ether oxygens (including phenoxy) is 1. The van der Waals surface area contributed by atoms with Gasteiger partial charge in [0.25, 0.3) is 0 Å². The zero-order valence-electron chi connectivity index (χ0n) is 14.5. The molecule has 2 heterocycles. The number of benzene rings is 1. The zero-order chi connectivity index (χ0) is 16.5. The van der Waals surface area contributed by atoms with Gasteiger partial charge in [0, 0.05) is 43.4 Å². The van der Waals surface area contributed by atoms with Crippen molar-refractivity contribution in [1.29, 1.82) is 0 Å². The van der Waals surface area contributed by atoms with Crippen LogP contribution in [-0.2, 0) is 4.74 Å². The molecule has 0 radical (unpaired) electrons. The van der Waals surface area contributed by atoms with Gasteiger partial charge in [0.2, 0.25) is 0 Å². The van der Waals surface area contributed by atoms with Crippen LogP contribution in [0.1, 0.15) is 43.7 Å². The summed E-state index contributed by atoms with van der Waals surface area (Å²) in [6, 6.07) is 6.55. The first-order valence-corrected chi connectivity index (χ1v) is 9.31. The fraction of sp³-hybridized carbons (Fsp3) is 0.600. The molecule has 3 nitrogen and oxygen atoms in total. The second kappa shape index (κ2) is 6.85. The van der Waals surface area contributed by atoms with Gasteiger partial charge >= 0.3 is 0 Å². The van der Waals surface area contributed by atoms with Gasteiger partial charge in [-0.15, -0.1) is 0 Å².